The molecule has 1 N–H and O–H groups in total. The number of halogens is 6. The highest BCUT2D eigenvalue weighted by Crippen LogP contribution is 2.77. The number of carbonyl (C=O) groups is 3. The Morgan fingerprint density at radius 1 is 0.886 bits per heavy atom. The number of hydrogen-bond donors (Lipinski definition) is 1. The number of imide groups is 1. The molecule has 0 radical (unpaired) electrons. The lowest BCUT2D eigenvalue weighted by Crippen LogP contribution is -2.50. The van der Waals surface area contributed by atoms with Crippen LogP contribution in [0.1, 0.15) is 21.5 Å². The molecule has 1 aliphatic heterocycles. The van der Waals surface area contributed by atoms with Gasteiger partial charge in [-0.3, -0.25) is 14.4 Å². The van der Waals surface area contributed by atoms with Gasteiger partial charge in [-0.25, -0.2) is 4.90 Å². The lowest BCUT2D eigenvalue weighted by molar-refractivity contribution is -0.123. The molecule has 2 aromatic carbocycles. The molecule has 1 saturated carbocycles. The zero-order valence-corrected chi connectivity index (χ0v) is 22.7. The van der Waals surface area contributed by atoms with Crippen LogP contribution < -0.4 is 10.2 Å². The number of alkyl halides is 4. The molecule has 2 fully saturated rings. The number of benzene rings is 2. The van der Waals surface area contributed by atoms with Gasteiger partial charge in [-0.15, -0.1) is 23.2 Å². The second kappa shape index (κ2) is 8.01. The van der Waals surface area contributed by atoms with Crippen molar-refractivity contribution >= 4 is 98.7 Å². The number of allylic oxidation sites excluding steroid dienone is 2. The van der Waals surface area contributed by atoms with E-state index in [9.17, 15) is 14.4 Å². The molecule has 2 aromatic rings. The van der Waals surface area contributed by atoms with Gasteiger partial charge in [0, 0.05) is 11.3 Å². The molecule has 2 aliphatic carbocycles. The molecular formula is C24H16Cl6N2O3. The summed E-state index contributed by atoms with van der Waals surface area (Å²) in [4.78, 5) is 37.2. The van der Waals surface area contributed by atoms with Crippen molar-refractivity contribution in [3.05, 3.63) is 69.2 Å². The molecule has 11 heteroatoms. The number of carbonyl (C=O) groups excluding carboxylic acids is 3. The first-order chi connectivity index (χ1) is 16.3. The van der Waals surface area contributed by atoms with Gasteiger partial charge >= 0.3 is 0 Å². The molecule has 3 aliphatic rings. The molecule has 0 unspecified atom stereocenters. The monoisotopic (exact) mass is 590 g/mol. The Kier molecular flexibility index (Phi) is 5.77. The highest BCUT2D eigenvalue weighted by Gasteiger charge is 2.87. The number of rotatable bonds is 3. The summed E-state index contributed by atoms with van der Waals surface area (Å²) >= 11 is 39.2. The number of aryl methyl sites for hydroxylation is 1. The van der Waals surface area contributed by atoms with Crippen LogP contribution in [0, 0.1) is 25.7 Å². The summed E-state index contributed by atoms with van der Waals surface area (Å²) in [5.41, 5.74) is 3.02. The molecule has 1 heterocycles. The van der Waals surface area contributed by atoms with Gasteiger partial charge in [-0.05, 0) is 49.2 Å². The van der Waals surface area contributed by atoms with E-state index in [1.807, 2.05) is 26.0 Å². The minimum Gasteiger partial charge on any atom is -0.322 e. The van der Waals surface area contributed by atoms with Crippen molar-refractivity contribution in [3.8, 4) is 0 Å². The smallest absolute Gasteiger partial charge is 0.255 e. The SMILES string of the molecule is Cc1cccc(NC(=O)c2cccc(N3C(=O)[C@@H]4[C@@H](C3=O)[C@@]3(Cl)C(Cl)=C(Cl)[C@@]4(Cl)C3(Cl)Cl)c2)c1C. The van der Waals surface area contributed by atoms with Gasteiger partial charge in [0.1, 0.15) is 9.75 Å². The van der Waals surface area contributed by atoms with Crippen molar-refractivity contribution in [1.82, 2.24) is 0 Å². The average molecular weight is 593 g/mol. The zero-order valence-electron chi connectivity index (χ0n) is 18.1. The lowest BCUT2D eigenvalue weighted by Gasteiger charge is -2.34. The molecule has 35 heavy (non-hydrogen) atoms. The highest BCUT2D eigenvalue weighted by molar-refractivity contribution is 6.67. The molecule has 182 valence electrons. The Labute approximate surface area is 231 Å². The van der Waals surface area contributed by atoms with Crippen molar-refractivity contribution < 1.29 is 14.4 Å². The summed E-state index contributed by atoms with van der Waals surface area (Å²) in [6, 6.07) is 11.7. The fourth-order valence-electron chi connectivity index (χ4n) is 5.12. The highest BCUT2D eigenvalue weighted by atomic mass is 35.5. The maximum absolute atomic E-state index is 13.5. The largest absolute Gasteiger partial charge is 0.322 e. The van der Waals surface area contributed by atoms with Gasteiger partial charge in [0.25, 0.3) is 5.91 Å². The van der Waals surface area contributed by atoms with Gasteiger partial charge in [-0.2, -0.15) is 0 Å². The molecule has 5 nitrogen and oxygen atoms in total. The standard InChI is InChI=1S/C24H16Cl6N2O3/c1-10-5-3-8-14(11(10)2)31-19(33)12-6-4-7-13(9-12)32-20(34)15-16(21(32)35)23(28)18(26)17(25)22(15,27)24(23,29)30/h3-9,15-16H,1-2H3,(H,31,33)/t15-,16-,22+,23+/m0/s1. The molecule has 0 aromatic heterocycles. The maximum atomic E-state index is 13.5. The quantitative estimate of drug-likeness (QED) is 0.326. The van der Waals surface area contributed by atoms with Crippen LogP contribution in [0.3, 0.4) is 0 Å². The summed E-state index contributed by atoms with van der Waals surface area (Å²) in [7, 11) is 0. The first-order valence-electron chi connectivity index (χ1n) is 10.5. The Hall–Kier alpha value is -1.47. The molecule has 1 saturated heterocycles. The van der Waals surface area contributed by atoms with Gasteiger partial charge in [0.2, 0.25) is 11.8 Å². The lowest BCUT2D eigenvalue weighted by atomic mass is 9.84. The second-order valence-electron chi connectivity index (χ2n) is 8.85. The summed E-state index contributed by atoms with van der Waals surface area (Å²) < 4.78 is -2.00. The summed E-state index contributed by atoms with van der Waals surface area (Å²) in [5.74, 6) is -4.26. The fourth-order valence-corrected chi connectivity index (χ4v) is 8.05. The van der Waals surface area contributed by atoms with E-state index in [0.29, 0.717) is 5.69 Å². The Morgan fingerprint density at radius 2 is 1.43 bits per heavy atom. The number of hydrogen-bond acceptors (Lipinski definition) is 3. The van der Waals surface area contributed by atoms with Gasteiger partial charge in [0.15, 0.2) is 4.33 Å². The number of nitrogens with one attached hydrogen (secondary N) is 1. The predicted octanol–water partition coefficient (Wildman–Crippen LogP) is 6.51. The third-order valence-electron chi connectivity index (χ3n) is 7.13. The minimum absolute atomic E-state index is 0.160. The Morgan fingerprint density at radius 3 is 2.00 bits per heavy atom. The first-order valence-corrected chi connectivity index (χ1v) is 12.7. The van der Waals surface area contributed by atoms with Crippen molar-refractivity contribution in [2.75, 3.05) is 10.2 Å². The van der Waals surface area contributed by atoms with Crippen LogP contribution in [-0.4, -0.2) is 31.8 Å². The summed E-state index contributed by atoms with van der Waals surface area (Å²) in [5, 5.41) is 2.54. The third-order valence-corrected chi connectivity index (χ3v) is 11.4. The maximum Gasteiger partial charge on any atom is 0.255 e. The first kappa shape index (κ1) is 25.2. The van der Waals surface area contributed by atoms with E-state index in [1.54, 1.807) is 18.2 Å². The van der Waals surface area contributed by atoms with Crippen LogP contribution in [0.15, 0.2) is 52.5 Å². The zero-order chi connectivity index (χ0) is 25.7. The number of fused-ring (bicyclic) bond motifs is 5. The topological polar surface area (TPSA) is 66.5 Å². The van der Waals surface area contributed by atoms with Crippen LogP contribution in [0.25, 0.3) is 0 Å². The minimum atomic E-state index is -2.00. The second-order valence-corrected chi connectivity index (χ2v) is 12.1. The Bertz CT molecular complexity index is 1330. The number of anilines is 2. The van der Waals surface area contributed by atoms with Gasteiger partial charge in [0.05, 0.1) is 27.6 Å². The van der Waals surface area contributed by atoms with E-state index in [1.165, 1.54) is 12.1 Å². The molecule has 0 spiro atoms. The predicted molar refractivity (Wildman–Crippen MR) is 140 cm³/mol. The van der Waals surface area contributed by atoms with Crippen molar-refractivity contribution in [1.29, 1.82) is 0 Å². The van der Waals surface area contributed by atoms with Crippen molar-refractivity contribution in [2.45, 2.75) is 27.9 Å². The molecular weight excluding hydrogens is 577 g/mol. The van der Waals surface area contributed by atoms with Gasteiger partial charge < -0.3 is 5.32 Å². The van der Waals surface area contributed by atoms with Crippen molar-refractivity contribution in [3.63, 3.8) is 0 Å². The van der Waals surface area contributed by atoms with E-state index in [4.69, 9.17) is 69.6 Å². The number of nitrogens with zero attached hydrogens (tertiary/aromatic N) is 1. The third kappa shape index (κ3) is 3.00. The Balaban J connectivity index is 1.50. The normalized spacial score (nSPS) is 30.8. The number of amides is 3. The molecule has 5 rings (SSSR count). The van der Waals surface area contributed by atoms with E-state index >= 15 is 0 Å². The van der Waals surface area contributed by atoms with E-state index in [-0.39, 0.29) is 21.3 Å². The average Bonchev–Trinajstić information content (AvgIpc) is 3.20. The van der Waals surface area contributed by atoms with E-state index < -0.39 is 43.6 Å². The van der Waals surface area contributed by atoms with Crippen LogP contribution >= 0.6 is 69.6 Å². The fraction of sp³-hybridized carbons (Fsp3) is 0.292. The van der Waals surface area contributed by atoms with Crippen LogP contribution in [0.5, 0.6) is 0 Å². The molecule has 3 amide bonds. The van der Waals surface area contributed by atoms with E-state index in [0.717, 1.165) is 16.0 Å². The summed E-state index contributed by atoms with van der Waals surface area (Å²) in [6.07, 6.45) is 0. The molecule has 2 bridgehead atoms. The van der Waals surface area contributed by atoms with E-state index in [2.05, 4.69) is 5.32 Å². The van der Waals surface area contributed by atoms with Crippen LogP contribution in [0.2, 0.25) is 0 Å². The molecule has 4 atom stereocenters. The van der Waals surface area contributed by atoms with Crippen LogP contribution in [0.4, 0.5) is 11.4 Å². The van der Waals surface area contributed by atoms with Crippen LogP contribution in [-0.2, 0) is 9.59 Å². The summed E-state index contributed by atoms with van der Waals surface area (Å²) in [6.45, 7) is 3.84. The van der Waals surface area contributed by atoms with Crippen molar-refractivity contribution in [2.24, 2.45) is 11.8 Å². The van der Waals surface area contributed by atoms with Gasteiger partial charge in [-0.1, -0.05) is 64.6 Å².